The summed E-state index contributed by atoms with van der Waals surface area (Å²) in [7, 11) is 0. The Morgan fingerprint density at radius 1 is 1.50 bits per heavy atom. The van der Waals surface area contributed by atoms with Gasteiger partial charge in [-0.1, -0.05) is 0 Å². The highest BCUT2D eigenvalue weighted by Crippen LogP contribution is 2.27. The monoisotopic (exact) mass is 199 g/mol. The van der Waals surface area contributed by atoms with Crippen LogP contribution in [0.15, 0.2) is 6.07 Å². The highest BCUT2D eigenvalue weighted by atomic mass is 35.5. The largest absolute Gasteiger partial charge is 0.383 e. The van der Waals surface area contributed by atoms with E-state index < -0.39 is 0 Å². The fraction of sp³-hybridized carbons (Fsp3) is 0.143. The number of anilines is 1. The molecule has 3 nitrogen and oxygen atoms in total. The van der Waals surface area contributed by atoms with Gasteiger partial charge in [-0.15, -0.1) is 11.3 Å². The van der Waals surface area contributed by atoms with Gasteiger partial charge < -0.3 is 5.73 Å². The highest BCUT2D eigenvalue weighted by Gasteiger charge is 2.05. The average molecular weight is 200 g/mol. The first-order valence-electron chi connectivity index (χ1n) is 3.36. The molecule has 0 aliphatic carbocycles. The van der Waals surface area contributed by atoms with E-state index in [1.807, 2.05) is 13.0 Å². The zero-order chi connectivity index (χ0) is 8.72. The van der Waals surface area contributed by atoms with E-state index in [9.17, 15) is 0 Å². The molecule has 2 heterocycles. The molecule has 0 amide bonds. The molecule has 2 aromatic heterocycles. The molecule has 0 atom stereocenters. The van der Waals surface area contributed by atoms with E-state index in [-0.39, 0.29) is 5.28 Å². The fourth-order valence-corrected chi connectivity index (χ4v) is 2.15. The van der Waals surface area contributed by atoms with Crippen molar-refractivity contribution >= 4 is 39.0 Å². The predicted molar refractivity (Wildman–Crippen MR) is 51.6 cm³/mol. The van der Waals surface area contributed by atoms with E-state index in [2.05, 4.69) is 9.97 Å². The lowest BCUT2D eigenvalue weighted by Gasteiger charge is -1.93. The van der Waals surface area contributed by atoms with Crippen LogP contribution in [0.5, 0.6) is 0 Å². The van der Waals surface area contributed by atoms with Gasteiger partial charge in [-0.2, -0.15) is 0 Å². The summed E-state index contributed by atoms with van der Waals surface area (Å²) in [5.41, 5.74) is 5.64. The smallest absolute Gasteiger partial charge is 0.225 e. The number of halogens is 1. The van der Waals surface area contributed by atoms with E-state index in [1.54, 1.807) is 11.3 Å². The number of thiophene rings is 1. The van der Waals surface area contributed by atoms with Gasteiger partial charge >= 0.3 is 0 Å². The second-order valence-electron chi connectivity index (χ2n) is 2.45. The van der Waals surface area contributed by atoms with Gasteiger partial charge in [0, 0.05) is 4.88 Å². The Kier molecular flexibility index (Phi) is 1.66. The first kappa shape index (κ1) is 7.76. The SMILES string of the molecule is Cc1cc2c(N)nc(Cl)nc2s1. The third kappa shape index (κ3) is 1.13. The standard InChI is InChI=1S/C7H6ClN3S/c1-3-2-4-5(9)10-7(8)11-6(4)12-3/h2H,1H3,(H2,9,10,11). The summed E-state index contributed by atoms with van der Waals surface area (Å²) in [6.07, 6.45) is 0. The van der Waals surface area contributed by atoms with E-state index in [0.717, 1.165) is 15.1 Å². The van der Waals surface area contributed by atoms with Crippen LogP contribution in [-0.2, 0) is 0 Å². The van der Waals surface area contributed by atoms with Gasteiger partial charge in [0.25, 0.3) is 0 Å². The highest BCUT2D eigenvalue weighted by molar-refractivity contribution is 7.18. The van der Waals surface area contributed by atoms with E-state index in [1.165, 1.54) is 0 Å². The first-order chi connectivity index (χ1) is 5.66. The molecule has 0 spiro atoms. The summed E-state index contributed by atoms with van der Waals surface area (Å²) in [5, 5.41) is 1.10. The van der Waals surface area contributed by atoms with Crippen molar-refractivity contribution in [1.82, 2.24) is 9.97 Å². The molecule has 5 heteroatoms. The van der Waals surface area contributed by atoms with Crippen molar-refractivity contribution < 1.29 is 0 Å². The molecule has 0 saturated heterocycles. The van der Waals surface area contributed by atoms with Crippen LogP contribution in [0.2, 0.25) is 5.28 Å². The minimum Gasteiger partial charge on any atom is -0.383 e. The van der Waals surface area contributed by atoms with Crippen LogP contribution in [0, 0.1) is 6.92 Å². The third-order valence-corrected chi connectivity index (χ3v) is 2.63. The lowest BCUT2D eigenvalue weighted by atomic mass is 10.3. The second kappa shape index (κ2) is 2.57. The zero-order valence-electron chi connectivity index (χ0n) is 6.34. The Morgan fingerprint density at radius 2 is 2.25 bits per heavy atom. The average Bonchev–Trinajstić information content (AvgIpc) is 2.29. The number of fused-ring (bicyclic) bond motifs is 1. The van der Waals surface area contributed by atoms with Gasteiger partial charge in [-0.25, -0.2) is 9.97 Å². The number of nitrogens with two attached hydrogens (primary N) is 1. The molecule has 0 saturated carbocycles. The maximum atomic E-state index is 5.64. The van der Waals surface area contributed by atoms with Crippen molar-refractivity contribution in [3.8, 4) is 0 Å². The molecule has 0 aliphatic rings. The van der Waals surface area contributed by atoms with Crippen molar-refractivity contribution in [2.75, 3.05) is 5.73 Å². The summed E-state index contributed by atoms with van der Waals surface area (Å²) < 4.78 is 0. The molecule has 0 aromatic carbocycles. The molecular weight excluding hydrogens is 194 g/mol. The van der Waals surface area contributed by atoms with Gasteiger partial charge in [0.1, 0.15) is 10.6 Å². The summed E-state index contributed by atoms with van der Waals surface area (Å²) in [5.74, 6) is 0.453. The maximum Gasteiger partial charge on any atom is 0.225 e. The van der Waals surface area contributed by atoms with E-state index in [0.29, 0.717) is 5.82 Å². The quantitative estimate of drug-likeness (QED) is 0.662. The molecular formula is C7H6ClN3S. The Morgan fingerprint density at radius 3 is 3.00 bits per heavy atom. The summed E-state index contributed by atoms with van der Waals surface area (Å²) in [6, 6.07) is 1.96. The number of nitrogen functional groups attached to an aromatic ring is 1. The van der Waals surface area contributed by atoms with Crippen molar-refractivity contribution in [3.05, 3.63) is 16.2 Å². The normalized spacial score (nSPS) is 10.8. The van der Waals surface area contributed by atoms with Crippen molar-refractivity contribution in [2.45, 2.75) is 6.92 Å². The number of rotatable bonds is 0. The van der Waals surface area contributed by atoms with E-state index in [4.69, 9.17) is 17.3 Å². The number of nitrogens with zero attached hydrogens (tertiary/aromatic N) is 2. The van der Waals surface area contributed by atoms with Crippen LogP contribution in [0.3, 0.4) is 0 Å². The minimum absolute atomic E-state index is 0.210. The van der Waals surface area contributed by atoms with Gasteiger partial charge in [0.2, 0.25) is 5.28 Å². The Labute approximate surface area is 78.2 Å². The molecule has 0 radical (unpaired) electrons. The molecule has 62 valence electrons. The molecule has 2 aromatic rings. The summed E-state index contributed by atoms with van der Waals surface area (Å²) in [6.45, 7) is 2.00. The third-order valence-electron chi connectivity index (χ3n) is 1.52. The molecule has 2 rings (SSSR count). The predicted octanol–water partition coefficient (Wildman–Crippen LogP) is 2.24. The van der Waals surface area contributed by atoms with Gasteiger partial charge in [-0.3, -0.25) is 0 Å². The van der Waals surface area contributed by atoms with Crippen molar-refractivity contribution in [1.29, 1.82) is 0 Å². The molecule has 12 heavy (non-hydrogen) atoms. The lowest BCUT2D eigenvalue weighted by molar-refractivity contribution is 1.24. The number of aryl methyl sites for hydroxylation is 1. The van der Waals surface area contributed by atoms with Crippen molar-refractivity contribution in [3.63, 3.8) is 0 Å². The molecule has 0 unspecified atom stereocenters. The maximum absolute atomic E-state index is 5.64. The van der Waals surface area contributed by atoms with Crippen LogP contribution in [-0.4, -0.2) is 9.97 Å². The topological polar surface area (TPSA) is 51.8 Å². The van der Waals surface area contributed by atoms with Gasteiger partial charge in [0.05, 0.1) is 5.39 Å². The lowest BCUT2D eigenvalue weighted by Crippen LogP contribution is -1.92. The van der Waals surface area contributed by atoms with Gasteiger partial charge in [0.15, 0.2) is 0 Å². The van der Waals surface area contributed by atoms with Crippen LogP contribution in [0.4, 0.5) is 5.82 Å². The minimum atomic E-state index is 0.210. The molecule has 0 bridgehead atoms. The summed E-state index contributed by atoms with van der Waals surface area (Å²) in [4.78, 5) is 9.92. The number of hydrogen-bond acceptors (Lipinski definition) is 4. The molecule has 0 fully saturated rings. The van der Waals surface area contributed by atoms with E-state index >= 15 is 0 Å². The Bertz CT molecular complexity index is 437. The van der Waals surface area contributed by atoms with Crippen LogP contribution in [0.1, 0.15) is 4.88 Å². The fourth-order valence-electron chi connectivity index (χ4n) is 1.04. The number of hydrogen-bond donors (Lipinski definition) is 1. The zero-order valence-corrected chi connectivity index (χ0v) is 7.91. The number of aromatic nitrogens is 2. The first-order valence-corrected chi connectivity index (χ1v) is 4.55. The van der Waals surface area contributed by atoms with Crippen LogP contribution < -0.4 is 5.73 Å². The van der Waals surface area contributed by atoms with Crippen molar-refractivity contribution in [2.24, 2.45) is 0 Å². The second-order valence-corrected chi connectivity index (χ2v) is 4.03. The molecule has 2 N–H and O–H groups in total. The Balaban J connectivity index is 2.88. The van der Waals surface area contributed by atoms with Crippen LogP contribution >= 0.6 is 22.9 Å². The Hall–Kier alpha value is -0.870. The molecule has 0 aliphatic heterocycles. The van der Waals surface area contributed by atoms with Gasteiger partial charge in [-0.05, 0) is 24.6 Å². The van der Waals surface area contributed by atoms with Crippen LogP contribution in [0.25, 0.3) is 10.2 Å². The summed E-state index contributed by atoms with van der Waals surface area (Å²) >= 11 is 7.20.